The molecule has 0 heterocycles. The fourth-order valence-corrected chi connectivity index (χ4v) is 4.65. The third-order valence-corrected chi connectivity index (χ3v) is 5.68. The van der Waals surface area contributed by atoms with Crippen LogP contribution in [-0.4, -0.2) is 11.2 Å². The van der Waals surface area contributed by atoms with Gasteiger partial charge in [0, 0.05) is 6.04 Å². The molecule has 0 amide bonds. The van der Waals surface area contributed by atoms with Gasteiger partial charge in [-0.3, -0.25) is 0 Å². The van der Waals surface area contributed by atoms with Crippen LogP contribution in [0.3, 0.4) is 0 Å². The molecule has 1 aromatic carbocycles. The van der Waals surface area contributed by atoms with E-state index in [1.807, 2.05) is 6.07 Å². The maximum absolute atomic E-state index is 5.51. The largest absolute Gasteiger partial charge is 0.360 e. The quantitative estimate of drug-likeness (QED) is 0.821. The zero-order chi connectivity index (χ0) is 14.8. The summed E-state index contributed by atoms with van der Waals surface area (Å²) in [5, 5.41) is 7.74. The number of rotatable bonds is 4. The summed E-state index contributed by atoms with van der Waals surface area (Å²) in [7, 11) is 0. The monoisotopic (exact) mass is 302 g/mol. The minimum atomic E-state index is 0.249. The molecule has 0 aliphatic heterocycles. The second-order valence-corrected chi connectivity index (χ2v) is 7.29. The van der Waals surface area contributed by atoms with Crippen molar-refractivity contribution in [2.24, 2.45) is 17.8 Å². The number of fused-ring (bicyclic) bond motifs is 2. The maximum Gasteiger partial charge on any atom is 0.166 e. The molecular weight excluding hydrogens is 276 g/mol. The predicted octanol–water partition coefficient (Wildman–Crippen LogP) is 4.04. The van der Waals surface area contributed by atoms with Gasteiger partial charge in [-0.05, 0) is 68.6 Å². The average Bonchev–Trinajstić information content (AvgIpc) is 3.10. The molecule has 5 atom stereocenters. The summed E-state index contributed by atoms with van der Waals surface area (Å²) in [4.78, 5) is 0. The van der Waals surface area contributed by atoms with Gasteiger partial charge in [0.1, 0.15) is 0 Å². The third kappa shape index (κ3) is 3.39. The molecule has 0 saturated heterocycles. The van der Waals surface area contributed by atoms with Crippen LogP contribution in [-0.2, 0) is 0 Å². The van der Waals surface area contributed by atoms with Crippen LogP contribution in [0.25, 0.3) is 0 Å². The Morgan fingerprint density at radius 3 is 2.48 bits per heavy atom. The summed E-state index contributed by atoms with van der Waals surface area (Å²) in [6.45, 7) is 4.46. The minimum absolute atomic E-state index is 0.249. The Bertz CT molecular complexity index is 487. The van der Waals surface area contributed by atoms with Crippen LogP contribution >= 0.6 is 12.2 Å². The Labute approximate surface area is 133 Å². The van der Waals surface area contributed by atoms with Gasteiger partial charge >= 0.3 is 0 Å². The summed E-state index contributed by atoms with van der Waals surface area (Å²) >= 11 is 5.51. The molecule has 114 valence electrons. The fraction of sp³-hybridized carbons (Fsp3) is 0.611. The van der Waals surface area contributed by atoms with Crippen molar-refractivity contribution in [2.75, 3.05) is 0 Å². The SMILES string of the molecule is C[C@H](NC(=S)N[C@@H](C)[C@H]1C[C@H]2CC[C@H]1C2)c1ccccc1. The van der Waals surface area contributed by atoms with Crippen LogP contribution in [0.5, 0.6) is 0 Å². The van der Waals surface area contributed by atoms with Gasteiger partial charge in [0.05, 0.1) is 6.04 Å². The minimum Gasteiger partial charge on any atom is -0.360 e. The van der Waals surface area contributed by atoms with Gasteiger partial charge in [0.25, 0.3) is 0 Å². The van der Waals surface area contributed by atoms with E-state index in [1.165, 1.54) is 31.2 Å². The Kier molecular flexibility index (Phi) is 4.48. The molecule has 2 saturated carbocycles. The van der Waals surface area contributed by atoms with Crippen molar-refractivity contribution in [1.82, 2.24) is 10.6 Å². The van der Waals surface area contributed by atoms with Crippen LogP contribution in [0.4, 0.5) is 0 Å². The second-order valence-electron chi connectivity index (χ2n) is 6.88. The van der Waals surface area contributed by atoms with Crippen molar-refractivity contribution in [2.45, 2.75) is 51.6 Å². The molecule has 0 spiro atoms. The van der Waals surface area contributed by atoms with E-state index < -0.39 is 0 Å². The first kappa shape index (κ1) is 14.8. The van der Waals surface area contributed by atoms with Crippen molar-refractivity contribution in [3.05, 3.63) is 35.9 Å². The Balaban J connectivity index is 1.50. The smallest absolute Gasteiger partial charge is 0.166 e. The van der Waals surface area contributed by atoms with E-state index in [1.54, 1.807) is 0 Å². The standard InChI is InChI=1S/C18H26N2S/c1-12(15-6-4-3-5-7-15)19-18(21)20-13(2)17-11-14-8-9-16(17)10-14/h3-7,12-14,16-17H,8-11H2,1-2H3,(H2,19,20,21)/t12-,13-,14-,16-,17+/m0/s1. The fourth-order valence-electron chi connectivity index (χ4n) is 4.28. The summed E-state index contributed by atoms with van der Waals surface area (Å²) in [6, 6.07) is 11.2. The van der Waals surface area contributed by atoms with E-state index >= 15 is 0 Å². The number of nitrogens with one attached hydrogen (secondary N) is 2. The summed E-state index contributed by atoms with van der Waals surface area (Å²) in [5.74, 6) is 2.75. The first-order valence-electron chi connectivity index (χ1n) is 8.25. The highest BCUT2D eigenvalue weighted by atomic mass is 32.1. The first-order chi connectivity index (χ1) is 10.1. The lowest BCUT2D eigenvalue weighted by atomic mass is 9.84. The Hall–Kier alpha value is -1.09. The third-order valence-electron chi connectivity index (χ3n) is 5.44. The van der Waals surface area contributed by atoms with Crippen LogP contribution in [0.1, 0.15) is 51.1 Å². The highest BCUT2D eigenvalue weighted by Gasteiger charge is 2.41. The Morgan fingerprint density at radius 2 is 1.86 bits per heavy atom. The number of hydrogen-bond donors (Lipinski definition) is 2. The van der Waals surface area contributed by atoms with Gasteiger partial charge in [0.15, 0.2) is 5.11 Å². The topological polar surface area (TPSA) is 24.1 Å². The molecule has 3 rings (SSSR count). The highest BCUT2D eigenvalue weighted by Crippen LogP contribution is 2.49. The molecule has 2 N–H and O–H groups in total. The first-order valence-corrected chi connectivity index (χ1v) is 8.66. The molecule has 0 unspecified atom stereocenters. The van der Waals surface area contributed by atoms with Gasteiger partial charge in [-0.25, -0.2) is 0 Å². The van der Waals surface area contributed by atoms with Gasteiger partial charge in [0.2, 0.25) is 0 Å². The molecular formula is C18H26N2S. The zero-order valence-electron chi connectivity index (χ0n) is 13.0. The summed E-state index contributed by atoms with van der Waals surface area (Å²) in [6.07, 6.45) is 5.75. The van der Waals surface area contributed by atoms with Crippen LogP contribution in [0.2, 0.25) is 0 Å². The van der Waals surface area contributed by atoms with E-state index in [2.05, 4.69) is 48.7 Å². The zero-order valence-corrected chi connectivity index (χ0v) is 13.8. The van der Waals surface area contributed by atoms with Crippen molar-refractivity contribution >= 4 is 17.3 Å². The molecule has 21 heavy (non-hydrogen) atoms. The lowest BCUT2D eigenvalue weighted by Gasteiger charge is -2.30. The van der Waals surface area contributed by atoms with Gasteiger partial charge in [-0.15, -0.1) is 0 Å². The van der Waals surface area contributed by atoms with Crippen molar-refractivity contribution in [3.8, 4) is 0 Å². The van der Waals surface area contributed by atoms with E-state index in [0.717, 1.165) is 22.9 Å². The van der Waals surface area contributed by atoms with E-state index in [-0.39, 0.29) is 6.04 Å². The summed E-state index contributed by atoms with van der Waals surface area (Å²) < 4.78 is 0. The Morgan fingerprint density at radius 1 is 1.10 bits per heavy atom. The van der Waals surface area contributed by atoms with E-state index in [0.29, 0.717) is 6.04 Å². The molecule has 2 aliphatic carbocycles. The van der Waals surface area contributed by atoms with Gasteiger partial charge in [-0.1, -0.05) is 36.8 Å². The highest BCUT2D eigenvalue weighted by molar-refractivity contribution is 7.80. The van der Waals surface area contributed by atoms with Crippen molar-refractivity contribution in [3.63, 3.8) is 0 Å². The van der Waals surface area contributed by atoms with Gasteiger partial charge in [-0.2, -0.15) is 0 Å². The number of benzene rings is 1. The van der Waals surface area contributed by atoms with Crippen molar-refractivity contribution in [1.29, 1.82) is 0 Å². The predicted molar refractivity (Wildman–Crippen MR) is 92.1 cm³/mol. The van der Waals surface area contributed by atoms with E-state index in [9.17, 15) is 0 Å². The lowest BCUT2D eigenvalue weighted by molar-refractivity contribution is 0.278. The molecule has 0 aromatic heterocycles. The van der Waals surface area contributed by atoms with E-state index in [4.69, 9.17) is 12.2 Å². The average molecular weight is 302 g/mol. The molecule has 2 nitrogen and oxygen atoms in total. The van der Waals surface area contributed by atoms with Crippen LogP contribution in [0.15, 0.2) is 30.3 Å². The van der Waals surface area contributed by atoms with Crippen LogP contribution in [0, 0.1) is 17.8 Å². The second kappa shape index (κ2) is 6.35. The molecule has 0 radical (unpaired) electrons. The van der Waals surface area contributed by atoms with Crippen molar-refractivity contribution < 1.29 is 0 Å². The van der Waals surface area contributed by atoms with Crippen LogP contribution < -0.4 is 10.6 Å². The molecule has 2 bridgehead atoms. The molecule has 3 heteroatoms. The van der Waals surface area contributed by atoms with Gasteiger partial charge < -0.3 is 10.6 Å². The number of hydrogen-bond acceptors (Lipinski definition) is 1. The summed E-state index contributed by atoms with van der Waals surface area (Å²) in [5.41, 5.74) is 1.27. The lowest BCUT2D eigenvalue weighted by Crippen LogP contribution is -2.45. The maximum atomic E-state index is 5.51. The normalized spacial score (nSPS) is 29.9. The molecule has 2 aliphatic rings. The number of thiocarbonyl (C=S) groups is 1. The molecule has 1 aromatic rings. The molecule has 2 fully saturated rings.